The van der Waals surface area contributed by atoms with E-state index < -0.39 is 5.91 Å². The van der Waals surface area contributed by atoms with Crippen LogP contribution in [-0.4, -0.2) is 19.1 Å². The number of nitrogens with zero attached hydrogens (tertiary/aromatic N) is 1. The van der Waals surface area contributed by atoms with Crippen LogP contribution in [0.5, 0.6) is 11.5 Å². The number of ether oxygens (including phenoxy) is 2. The van der Waals surface area contributed by atoms with Gasteiger partial charge in [0.25, 0.3) is 5.91 Å². The molecule has 2 aromatic rings. The molecule has 29 heavy (non-hydrogen) atoms. The molecule has 0 aliphatic heterocycles. The van der Waals surface area contributed by atoms with E-state index in [0.29, 0.717) is 27.8 Å². The van der Waals surface area contributed by atoms with Gasteiger partial charge in [-0.2, -0.15) is 5.26 Å². The molecule has 0 bridgehead atoms. The summed E-state index contributed by atoms with van der Waals surface area (Å²) in [6.45, 7) is 9.61. The quantitative estimate of drug-likeness (QED) is 0.494. The molecule has 0 unspecified atom stereocenters. The molecule has 5 nitrogen and oxygen atoms in total. The molecule has 2 rings (SSSR count). The normalized spacial score (nSPS) is 11.2. The van der Waals surface area contributed by atoms with Gasteiger partial charge in [-0.3, -0.25) is 4.79 Å². The van der Waals surface area contributed by atoms with Gasteiger partial charge in [0.2, 0.25) is 0 Å². The summed E-state index contributed by atoms with van der Waals surface area (Å²) in [6, 6.07) is 9.23. The second-order valence-electron chi connectivity index (χ2n) is 7.10. The summed E-state index contributed by atoms with van der Waals surface area (Å²) in [6.07, 6.45) is 1.39. The predicted octanol–water partition coefficient (Wildman–Crippen LogP) is 5.61. The lowest BCUT2D eigenvalue weighted by Crippen LogP contribution is -2.15. The van der Waals surface area contributed by atoms with E-state index in [2.05, 4.69) is 5.32 Å². The van der Waals surface area contributed by atoms with Crippen LogP contribution < -0.4 is 14.8 Å². The lowest BCUT2D eigenvalue weighted by Gasteiger charge is -2.16. The van der Waals surface area contributed by atoms with Gasteiger partial charge in [0, 0.05) is 5.69 Å². The summed E-state index contributed by atoms with van der Waals surface area (Å²) < 4.78 is 11.1. The van der Waals surface area contributed by atoms with Crippen molar-refractivity contribution in [3.8, 4) is 17.6 Å². The van der Waals surface area contributed by atoms with Gasteiger partial charge in [-0.15, -0.1) is 0 Å². The van der Waals surface area contributed by atoms with E-state index in [1.165, 1.54) is 13.2 Å². The van der Waals surface area contributed by atoms with E-state index in [1.54, 1.807) is 12.1 Å². The third kappa shape index (κ3) is 5.52. The van der Waals surface area contributed by atoms with Crippen LogP contribution in [0.3, 0.4) is 0 Å². The van der Waals surface area contributed by atoms with Crippen molar-refractivity contribution in [2.75, 3.05) is 12.4 Å². The van der Waals surface area contributed by atoms with E-state index in [-0.39, 0.29) is 11.7 Å². The van der Waals surface area contributed by atoms with Crippen molar-refractivity contribution in [2.24, 2.45) is 0 Å². The van der Waals surface area contributed by atoms with Gasteiger partial charge in [0.15, 0.2) is 11.5 Å². The topological polar surface area (TPSA) is 71.3 Å². The molecule has 0 radical (unpaired) electrons. The number of aryl methyl sites for hydroxylation is 3. The summed E-state index contributed by atoms with van der Waals surface area (Å²) in [5.74, 6) is 0.371. The number of hydrogen-bond donors (Lipinski definition) is 1. The molecule has 0 aliphatic carbocycles. The predicted molar refractivity (Wildman–Crippen MR) is 117 cm³/mol. The number of carbonyl (C=O) groups is 1. The summed E-state index contributed by atoms with van der Waals surface area (Å²) in [5.41, 5.74) is 4.21. The van der Waals surface area contributed by atoms with Gasteiger partial charge in [0.05, 0.1) is 18.2 Å². The van der Waals surface area contributed by atoms with Crippen molar-refractivity contribution in [2.45, 2.75) is 40.7 Å². The highest BCUT2D eigenvalue weighted by Crippen LogP contribution is 2.37. The Morgan fingerprint density at radius 1 is 1.17 bits per heavy atom. The zero-order chi connectivity index (χ0) is 21.7. The van der Waals surface area contributed by atoms with Gasteiger partial charge in [-0.25, -0.2) is 0 Å². The molecule has 0 aliphatic rings. The van der Waals surface area contributed by atoms with Crippen LogP contribution in [0.1, 0.15) is 36.1 Å². The van der Waals surface area contributed by atoms with Crippen LogP contribution >= 0.6 is 11.6 Å². The minimum Gasteiger partial charge on any atom is -0.493 e. The lowest BCUT2D eigenvalue weighted by atomic mass is 10.0. The first-order valence-corrected chi connectivity index (χ1v) is 9.59. The largest absolute Gasteiger partial charge is 0.493 e. The number of anilines is 1. The van der Waals surface area contributed by atoms with E-state index >= 15 is 0 Å². The maximum atomic E-state index is 12.7. The number of nitrogens with one attached hydrogen (secondary N) is 1. The minimum atomic E-state index is -0.486. The highest BCUT2D eigenvalue weighted by atomic mass is 35.5. The first-order valence-electron chi connectivity index (χ1n) is 9.21. The van der Waals surface area contributed by atoms with Crippen LogP contribution in [-0.2, 0) is 4.79 Å². The number of benzene rings is 2. The van der Waals surface area contributed by atoms with Crippen molar-refractivity contribution in [1.82, 2.24) is 0 Å². The standard InChI is InChI=1S/C23H25ClN2O3/c1-13(2)29-22-19(24)10-17(11-20(22)28-6)9-18(12-25)23(27)26-21-15(4)7-14(3)8-16(21)5/h7-11,13H,1-6H3,(H,26,27)/b18-9+. The van der Waals surface area contributed by atoms with Gasteiger partial charge in [0.1, 0.15) is 11.6 Å². The fourth-order valence-corrected chi connectivity index (χ4v) is 3.31. The molecule has 1 N–H and O–H groups in total. The molecule has 2 aromatic carbocycles. The molecule has 0 fully saturated rings. The van der Waals surface area contributed by atoms with Crippen molar-refractivity contribution < 1.29 is 14.3 Å². The monoisotopic (exact) mass is 412 g/mol. The van der Waals surface area contributed by atoms with Crippen molar-refractivity contribution in [1.29, 1.82) is 5.26 Å². The minimum absolute atomic E-state index is 0.0416. The summed E-state index contributed by atoms with van der Waals surface area (Å²) in [4.78, 5) is 12.7. The van der Waals surface area contributed by atoms with Crippen LogP contribution in [0.25, 0.3) is 6.08 Å². The number of rotatable bonds is 6. The lowest BCUT2D eigenvalue weighted by molar-refractivity contribution is -0.112. The molecule has 0 atom stereocenters. The summed E-state index contributed by atoms with van der Waals surface area (Å²) >= 11 is 6.33. The van der Waals surface area contributed by atoms with Gasteiger partial charge in [-0.05, 0) is 69.5 Å². The number of carbonyl (C=O) groups excluding carboxylic acids is 1. The number of amides is 1. The smallest absolute Gasteiger partial charge is 0.266 e. The van der Waals surface area contributed by atoms with Crippen LogP contribution in [0.4, 0.5) is 5.69 Å². The maximum absolute atomic E-state index is 12.7. The Morgan fingerprint density at radius 2 is 1.79 bits per heavy atom. The number of methoxy groups -OCH3 is 1. The van der Waals surface area contributed by atoms with Gasteiger partial charge < -0.3 is 14.8 Å². The van der Waals surface area contributed by atoms with Crippen molar-refractivity contribution in [3.05, 3.63) is 57.1 Å². The third-order valence-corrected chi connectivity index (χ3v) is 4.48. The molecular formula is C23H25ClN2O3. The molecule has 0 saturated carbocycles. The average molecular weight is 413 g/mol. The SMILES string of the molecule is COc1cc(/C=C(\C#N)C(=O)Nc2c(C)cc(C)cc2C)cc(Cl)c1OC(C)C. The molecule has 152 valence electrons. The Hall–Kier alpha value is -2.97. The molecule has 0 spiro atoms. The molecular weight excluding hydrogens is 388 g/mol. The Balaban J connectivity index is 2.38. The molecule has 0 aromatic heterocycles. The van der Waals surface area contributed by atoms with Crippen molar-refractivity contribution >= 4 is 29.3 Å². The molecule has 0 heterocycles. The van der Waals surface area contributed by atoms with E-state index in [4.69, 9.17) is 21.1 Å². The summed E-state index contributed by atoms with van der Waals surface area (Å²) in [5, 5.41) is 12.7. The van der Waals surface area contributed by atoms with Gasteiger partial charge in [-0.1, -0.05) is 29.3 Å². The maximum Gasteiger partial charge on any atom is 0.266 e. The molecule has 6 heteroatoms. The second kappa shape index (κ2) is 9.49. The van der Waals surface area contributed by atoms with E-state index in [9.17, 15) is 10.1 Å². The molecule has 0 saturated heterocycles. The number of halogens is 1. The molecule has 1 amide bonds. The third-order valence-electron chi connectivity index (χ3n) is 4.20. The second-order valence-corrected chi connectivity index (χ2v) is 7.51. The zero-order valence-corrected chi connectivity index (χ0v) is 18.3. The van der Waals surface area contributed by atoms with Crippen molar-refractivity contribution in [3.63, 3.8) is 0 Å². The Morgan fingerprint density at radius 3 is 2.31 bits per heavy atom. The van der Waals surface area contributed by atoms with Gasteiger partial charge >= 0.3 is 0 Å². The fraction of sp³-hybridized carbons (Fsp3) is 0.304. The highest BCUT2D eigenvalue weighted by Gasteiger charge is 2.16. The Kier molecular flexibility index (Phi) is 7.30. The zero-order valence-electron chi connectivity index (χ0n) is 17.5. The van der Waals surface area contributed by atoms with Crippen LogP contribution in [0.15, 0.2) is 29.8 Å². The number of nitriles is 1. The first kappa shape index (κ1) is 22.3. The average Bonchev–Trinajstić information content (AvgIpc) is 2.63. The number of hydrogen-bond acceptors (Lipinski definition) is 4. The Labute approximate surface area is 176 Å². The van der Waals surface area contributed by atoms with E-state index in [1.807, 2.05) is 52.8 Å². The highest BCUT2D eigenvalue weighted by molar-refractivity contribution is 6.32. The van der Waals surface area contributed by atoms with Crippen LogP contribution in [0.2, 0.25) is 5.02 Å². The van der Waals surface area contributed by atoms with E-state index in [0.717, 1.165) is 16.7 Å². The van der Waals surface area contributed by atoms with Crippen LogP contribution in [0, 0.1) is 32.1 Å². The first-order chi connectivity index (χ1) is 13.7. The summed E-state index contributed by atoms with van der Waals surface area (Å²) in [7, 11) is 1.51. The Bertz CT molecular complexity index is 981. The fourth-order valence-electron chi connectivity index (χ4n) is 3.05.